The molecule has 5 nitrogen and oxygen atoms in total. The summed E-state index contributed by atoms with van der Waals surface area (Å²) >= 11 is 0. The van der Waals surface area contributed by atoms with Gasteiger partial charge in [0.05, 0.1) is 13.1 Å². The highest BCUT2D eigenvalue weighted by Crippen LogP contribution is 2.17. The molecule has 0 amide bonds. The van der Waals surface area contributed by atoms with E-state index in [2.05, 4.69) is 29.3 Å². The first-order valence-corrected chi connectivity index (χ1v) is 9.65. The number of hydrogen-bond acceptors (Lipinski definition) is 5. The van der Waals surface area contributed by atoms with Gasteiger partial charge in [0.1, 0.15) is 11.6 Å². The standard InChI is InChI=1S/C24H23N3O2.ClH/c25-27-15-14-26-24(27)21-10-6-18(7-11-21)16-19-8-12-22(13-9-19)29-17-23(28)20-4-2-1-3-5-20;/h1-13H,14-17,25H2;1H. The molecule has 0 radical (unpaired) electrons. The van der Waals surface area contributed by atoms with Gasteiger partial charge in [0.15, 0.2) is 12.4 Å². The van der Waals surface area contributed by atoms with Gasteiger partial charge in [-0.2, -0.15) is 0 Å². The fourth-order valence-electron chi connectivity index (χ4n) is 3.28. The van der Waals surface area contributed by atoms with Crippen LogP contribution in [0.3, 0.4) is 0 Å². The lowest BCUT2D eigenvalue weighted by Gasteiger charge is -2.13. The molecule has 3 aromatic rings. The van der Waals surface area contributed by atoms with Crippen molar-refractivity contribution < 1.29 is 9.53 Å². The molecule has 4 rings (SSSR count). The van der Waals surface area contributed by atoms with Crippen LogP contribution in [0, 0.1) is 0 Å². The lowest BCUT2D eigenvalue weighted by Crippen LogP contribution is -2.34. The van der Waals surface area contributed by atoms with Gasteiger partial charge in [0.2, 0.25) is 0 Å². The van der Waals surface area contributed by atoms with Crippen molar-refractivity contribution in [3.05, 3.63) is 101 Å². The summed E-state index contributed by atoms with van der Waals surface area (Å²) in [5.74, 6) is 7.44. The second kappa shape index (κ2) is 10.1. The van der Waals surface area contributed by atoms with Crippen LogP contribution in [0.2, 0.25) is 0 Å². The SMILES string of the molecule is Cl.NN1CCN=C1c1ccc(Cc2ccc(OCC(=O)c3ccccc3)cc2)cc1. The highest BCUT2D eigenvalue weighted by atomic mass is 35.5. The van der Waals surface area contributed by atoms with E-state index >= 15 is 0 Å². The third kappa shape index (κ3) is 5.26. The molecule has 0 unspecified atom stereocenters. The zero-order chi connectivity index (χ0) is 20.1. The van der Waals surface area contributed by atoms with Gasteiger partial charge < -0.3 is 4.74 Å². The molecule has 0 fully saturated rings. The van der Waals surface area contributed by atoms with Crippen molar-refractivity contribution in [1.82, 2.24) is 5.01 Å². The average Bonchev–Trinajstić information content (AvgIpc) is 3.20. The van der Waals surface area contributed by atoms with E-state index in [0.717, 1.165) is 30.9 Å². The van der Waals surface area contributed by atoms with Crippen LogP contribution < -0.4 is 10.6 Å². The Hall–Kier alpha value is -3.15. The summed E-state index contributed by atoms with van der Waals surface area (Å²) in [6.45, 7) is 1.55. The highest BCUT2D eigenvalue weighted by molar-refractivity contribution is 5.99. The predicted octanol–water partition coefficient (Wildman–Crippen LogP) is 3.90. The van der Waals surface area contributed by atoms with Crippen LogP contribution in [0.4, 0.5) is 0 Å². The van der Waals surface area contributed by atoms with Gasteiger partial charge in [0, 0.05) is 11.1 Å². The van der Waals surface area contributed by atoms with Crippen LogP contribution >= 0.6 is 12.4 Å². The van der Waals surface area contributed by atoms with Crippen molar-refractivity contribution in [1.29, 1.82) is 0 Å². The molecule has 0 atom stereocenters. The summed E-state index contributed by atoms with van der Waals surface area (Å²) in [4.78, 5) is 16.6. The molecular weight excluding hydrogens is 398 g/mol. The number of nitrogens with two attached hydrogens (primary N) is 1. The number of Topliss-reactive ketones (excluding diaryl/α,β-unsaturated/α-hetero) is 1. The van der Waals surface area contributed by atoms with Gasteiger partial charge in [-0.3, -0.25) is 14.8 Å². The maximum absolute atomic E-state index is 12.1. The number of rotatable bonds is 7. The smallest absolute Gasteiger partial charge is 0.200 e. The largest absolute Gasteiger partial charge is 0.485 e. The van der Waals surface area contributed by atoms with Crippen molar-refractivity contribution in [2.45, 2.75) is 6.42 Å². The highest BCUT2D eigenvalue weighted by Gasteiger charge is 2.14. The summed E-state index contributed by atoms with van der Waals surface area (Å²) in [7, 11) is 0. The van der Waals surface area contributed by atoms with E-state index < -0.39 is 0 Å². The Labute approximate surface area is 182 Å². The van der Waals surface area contributed by atoms with Crippen LogP contribution in [0.5, 0.6) is 5.75 Å². The topological polar surface area (TPSA) is 67.9 Å². The summed E-state index contributed by atoms with van der Waals surface area (Å²) in [6, 6.07) is 25.4. The first-order chi connectivity index (χ1) is 14.2. The molecule has 1 aliphatic heterocycles. The number of carbonyl (C=O) groups excluding carboxylic acids is 1. The number of carbonyl (C=O) groups is 1. The third-order valence-electron chi connectivity index (χ3n) is 4.88. The van der Waals surface area contributed by atoms with Gasteiger partial charge in [0.25, 0.3) is 0 Å². The molecular formula is C24H24ClN3O2. The molecule has 1 heterocycles. The van der Waals surface area contributed by atoms with Gasteiger partial charge >= 0.3 is 0 Å². The minimum atomic E-state index is -0.0299. The summed E-state index contributed by atoms with van der Waals surface area (Å²) in [6.07, 6.45) is 0.822. The number of ketones is 1. The van der Waals surface area contributed by atoms with Crippen molar-refractivity contribution in [2.24, 2.45) is 10.8 Å². The number of benzene rings is 3. The first kappa shape index (κ1) is 21.6. The summed E-state index contributed by atoms with van der Waals surface area (Å²) in [5, 5.41) is 1.69. The molecule has 0 spiro atoms. The van der Waals surface area contributed by atoms with E-state index in [-0.39, 0.29) is 24.8 Å². The zero-order valence-corrected chi connectivity index (χ0v) is 17.3. The lowest BCUT2D eigenvalue weighted by molar-refractivity contribution is 0.0921. The second-order valence-corrected chi connectivity index (χ2v) is 6.99. The Morgan fingerprint density at radius 1 is 0.933 bits per heavy atom. The van der Waals surface area contributed by atoms with Crippen molar-refractivity contribution >= 4 is 24.0 Å². The Bertz CT molecular complexity index is 1000. The monoisotopic (exact) mass is 421 g/mol. The third-order valence-corrected chi connectivity index (χ3v) is 4.88. The molecule has 0 aromatic heterocycles. The van der Waals surface area contributed by atoms with Crippen LogP contribution in [0.25, 0.3) is 0 Å². The van der Waals surface area contributed by atoms with Crippen LogP contribution in [0.15, 0.2) is 83.9 Å². The van der Waals surface area contributed by atoms with E-state index in [9.17, 15) is 4.79 Å². The minimum absolute atomic E-state index is 0. The van der Waals surface area contributed by atoms with Gasteiger partial charge in [-0.25, -0.2) is 5.84 Å². The van der Waals surface area contributed by atoms with E-state index in [1.165, 1.54) is 11.1 Å². The molecule has 30 heavy (non-hydrogen) atoms. The molecule has 0 bridgehead atoms. The van der Waals surface area contributed by atoms with Gasteiger partial charge in [-0.1, -0.05) is 66.7 Å². The van der Waals surface area contributed by atoms with Crippen LogP contribution in [0.1, 0.15) is 27.0 Å². The van der Waals surface area contributed by atoms with E-state index in [4.69, 9.17) is 10.6 Å². The number of ether oxygens (including phenoxy) is 1. The fraction of sp³-hybridized carbons (Fsp3) is 0.167. The Balaban J connectivity index is 0.00000256. The number of hydrogen-bond donors (Lipinski definition) is 1. The molecule has 2 N–H and O–H groups in total. The molecule has 0 aliphatic carbocycles. The number of amidine groups is 1. The number of nitrogens with zero attached hydrogens (tertiary/aromatic N) is 2. The quantitative estimate of drug-likeness (QED) is 0.464. The molecule has 3 aromatic carbocycles. The Morgan fingerprint density at radius 3 is 2.17 bits per heavy atom. The van der Waals surface area contributed by atoms with Crippen molar-refractivity contribution in [3.63, 3.8) is 0 Å². The number of halogens is 1. The Morgan fingerprint density at radius 2 is 1.57 bits per heavy atom. The molecule has 154 valence electrons. The van der Waals surface area contributed by atoms with Crippen LogP contribution in [-0.4, -0.2) is 36.3 Å². The summed E-state index contributed by atoms with van der Waals surface area (Å²) in [5.41, 5.74) is 4.09. The minimum Gasteiger partial charge on any atom is -0.485 e. The van der Waals surface area contributed by atoms with E-state index in [1.54, 1.807) is 17.1 Å². The Kier molecular flexibility index (Phi) is 7.22. The predicted molar refractivity (Wildman–Crippen MR) is 122 cm³/mol. The van der Waals surface area contributed by atoms with Crippen LogP contribution in [-0.2, 0) is 6.42 Å². The molecule has 6 heteroatoms. The van der Waals surface area contributed by atoms with E-state index in [0.29, 0.717) is 11.3 Å². The number of aliphatic imine (C=N–C) groups is 1. The molecule has 1 aliphatic rings. The fourth-order valence-corrected chi connectivity index (χ4v) is 3.28. The number of hydrazine groups is 1. The summed E-state index contributed by atoms with van der Waals surface area (Å²) < 4.78 is 5.63. The molecule has 0 saturated carbocycles. The maximum atomic E-state index is 12.1. The van der Waals surface area contributed by atoms with Gasteiger partial charge in [-0.05, 0) is 29.7 Å². The zero-order valence-electron chi connectivity index (χ0n) is 16.5. The first-order valence-electron chi connectivity index (χ1n) is 9.65. The molecule has 0 saturated heterocycles. The maximum Gasteiger partial charge on any atom is 0.200 e. The lowest BCUT2D eigenvalue weighted by atomic mass is 10.0. The average molecular weight is 422 g/mol. The van der Waals surface area contributed by atoms with E-state index in [1.807, 2.05) is 42.5 Å². The normalized spacial score (nSPS) is 12.8. The van der Waals surface area contributed by atoms with Gasteiger partial charge in [-0.15, -0.1) is 12.4 Å². The second-order valence-electron chi connectivity index (χ2n) is 6.99. The van der Waals surface area contributed by atoms with Crippen molar-refractivity contribution in [3.8, 4) is 5.75 Å². The van der Waals surface area contributed by atoms with Crippen molar-refractivity contribution in [2.75, 3.05) is 19.7 Å².